The molecular weight excluding hydrogens is 246 g/mol. The van der Waals surface area contributed by atoms with Crippen molar-refractivity contribution in [1.82, 2.24) is 14.5 Å². The number of aromatic nitrogens is 2. The number of sulfonamides is 1. The van der Waals surface area contributed by atoms with Crippen LogP contribution in [-0.2, 0) is 23.0 Å². The fourth-order valence-electron chi connectivity index (χ4n) is 1.92. The predicted octanol–water partition coefficient (Wildman–Crippen LogP) is 0.718. The molecule has 1 aromatic rings. The van der Waals surface area contributed by atoms with Crippen LogP contribution < -0.4 is 0 Å². The summed E-state index contributed by atoms with van der Waals surface area (Å²) in [6.45, 7) is 2.86. The number of hydrogen-bond donors (Lipinski definition) is 2. The molecule has 1 aliphatic heterocycles. The van der Waals surface area contributed by atoms with Gasteiger partial charge >= 0.3 is 0 Å². The van der Waals surface area contributed by atoms with Crippen molar-refractivity contribution in [3.63, 3.8) is 0 Å². The summed E-state index contributed by atoms with van der Waals surface area (Å²) < 4.78 is 24.4. The zero-order valence-corrected chi connectivity index (χ0v) is 11.0. The molecule has 7 heteroatoms. The first-order valence-electron chi connectivity index (χ1n) is 5.09. The van der Waals surface area contributed by atoms with Crippen LogP contribution in [-0.4, -0.2) is 35.7 Å². The summed E-state index contributed by atoms with van der Waals surface area (Å²) in [5, 5.41) is 7.16. The summed E-state index contributed by atoms with van der Waals surface area (Å²) in [6.07, 6.45) is 1.93. The van der Waals surface area contributed by atoms with Crippen molar-refractivity contribution >= 4 is 22.7 Å². The van der Waals surface area contributed by atoms with Gasteiger partial charge in [0, 0.05) is 36.0 Å². The van der Waals surface area contributed by atoms with E-state index in [1.165, 1.54) is 10.6 Å². The average Bonchev–Trinajstić information content (AvgIpc) is 2.58. The molecule has 0 fully saturated rings. The van der Waals surface area contributed by atoms with Gasteiger partial charge in [0.1, 0.15) is 0 Å². The standard InChI is InChI=1S/C9H15N3O2S2/c1-6(15)9-7-5-12(16(2,13)14)4-3-8(7)10-11-9/h6,15H,3-5H2,1-2H3,(H,10,11). The zero-order valence-electron chi connectivity index (χ0n) is 9.27. The van der Waals surface area contributed by atoms with E-state index in [1.807, 2.05) is 6.92 Å². The van der Waals surface area contributed by atoms with Crippen LogP contribution in [0.3, 0.4) is 0 Å². The van der Waals surface area contributed by atoms with E-state index in [-0.39, 0.29) is 5.25 Å². The Labute approximate surface area is 101 Å². The van der Waals surface area contributed by atoms with Crippen molar-refractivity contribution < 1.29 is 8.42 Å². The highest BCUT2D eigenvalue weighted by atomic mass is 32.2. The van der Waals surface area contributed by atoms with Crippen molar-refractivity contribution in [3.05, 3.63) is 17.0 Å². The van der Waals surface area contributed by atoms with E-state index in [1.54, 1.807) is 0 Å². The lowest BCUT2D eigenvalue weighted by Gasteiger charge is -2.25. The molecular formula is C9H15N3O2S2. The molecule has 1 aliphatic rings. The maximum Gasteiger partial charge on any atom is 0.211 e. The van der Waals surface area contributed by atoms with Gasteiger partial charge in [0.05, 0.1) is 11.9 Å². The molecule has 0 aromatic carbocycles. The lowest BCUT2D eigenvalue weighted by Crippen LogP contribution is -2.35. The van der Waals surface area contributed by atoms with Crippen LogP contribution in [0.1, 0.15) is 29.1 Å². The van der Waals surface area contributed by atoms with Crippen LogP contribution in [0, 0.1) is 0 Å². The van der Waals surface area contributed by atoms with Gasteiger partial charge in [-0.3, -0.25) is 5.10 Å². The maximum absolute atomic E-state index is 11.5. The van der Waals surface area contributed by atoms with Gasteiger partial charge in [-0.15, -0.1) is 0 Å². The second-order valence-electron chi connectivity index (χ2n) is 4.09. The second-order valence-corrected chi connectivity index (χ2v) is 6.85. The Bertz CT molecular complexity index is 493. The Hall–Kier alpha value is -0.530. The fourth-order valence-corrected chi connectivity index (χ4v) is 2.92. The molecule has 0 amide bonds. The first-order valence-corrected chi connectivity index (χ1v) is 7.45. The van der Waals surface area contributed by atoms with Crippen LogP contribution in [0.15, 0.2) is 0 Å². The van der Waals surface area contributed by atoms with E-state index in [4.69, 9.17) is 0 Å². The molecule has 1 N–H and O–H groups in total. The monoisotopic (exact) mass is 261 g/mol. The van der Waals surface area contributed by atoms with Crippen molar-refractivity contribution in [2.24, 2.45) is 0 Å². The van der Waals surface area contributed by atoms with Gasteiger partial charge in [-0.05, 0) is 6.92 Å². The molecule has 0 bridgehead atoms. The van der Waals surface area contributed by atoms with Gasteiger partial charge in [-0.2, -0.15) is 22.0 Å². The minimum absolute atomic E-state index is 0.0134. The number of rotatable bonds is 2. The first-order chi connectivity index (χ1) is 7.39. The van der Waals surface area contributed by atoms with Gasteiger partial charge in [0.25, 0.3) is 0 Å². The smallest absolute Gasteiger partial charge is 0.211 e. The molecule has 2 heterocycles. The number of thiol groups is 1. The van der Waals surface area contributed by atoms with E-state index in [2.05, 4.69) is 22.8 Å². The van der Waals surface area contributed by atoms with E-state index in [0.29, 0.717) is 19.5 Å². The number of nitrogens with zero attached hydrogens (tertiary/aromatic N) is 2. The Balaban J connectivity index is 2.35. The lowest BCUT2D eigenvalue weighted by atomic mass is 10.1. The highest BCUT2D eigenvalue weighted by molar-refractivity contribution is 7.88. The maximum atomic E-state index is 11.5. The van der Waals surface area contributed by atoms with E-state index in [9.17, 15) is 8.42 Å². The largest absolute Gasteiger partial charge is 0.282 e. The van der Waals surface area contributed by atoms with Crippen molar-refractivity contribution in [1.29, 1.82) is 0 Å². The zero-order chi connectivity index (χ0) is 11.9. The van der Waals surface area contributed by atoms with E-state index in [0.717, 1.165) is 17.0 Å². The molecule has 0 saturated heterocycles. The SMILES string of the molecule is CC(S)c1n[nH]c2c1CN(S(C)(=O)=O)CC2. The van der Waals surface area contributed by atoms with Gasteiger partial charge in [-0.25, -0.2) is 8.42 Å². The summed E-state index contributed by atoms with van der Waals surface area (Å²) >= 11 is 4.34. The Kier molecular flexibility index (Phi) is 3.02. The average molecular weight is 261 g/mol. The molecule has 1 aromatic heterocycles. The summed E-state index contributed by atoms with van der Waals surface area (Å²) in [6, 6.07) is 0. The van der Waals surface area contributed by atoms with E-state index >= 15 is 0 Å². The molecule has 0 saturated carbocycles. The fraction of sp³-hybridized carbons (Fsp3) is 0.667. The predicted molar refractivity (Wildman–Crippen MR) is 64.9 cm³/mol. The van der Waals surface area contributed by atoms with Crippen molar-refractivity contribution in [2.45, 2.75) is 25.1 Å². The minimum Gasteiger partial charge on any atom is -0.282 e. The summed E-state index contributed by atoms with van der Waals surface area (Å²) in [4.78, 5) is 0. The molecule has 0 spiro atoms. The van der Waals surface area contributed by atoms with Gasteiger partial charge in [0.15, 0.2) is 0 Å². The number of aromatic amines is 1. The van der Waals surface area contributed by atoms with Crippen molar-refractivity contribution in [3.8, 4) is 0 Å². The Morgan fingerprint density at radius 3 is 2.81 bits per heavy atom. The molecule has 5 nitrogen and oxygen atoms in total. The third-order valence-electron chi connectivity index (χ3n) is 2.80. The minimum atomic E-state index is -3.12. The number of hydrogen-bond acceptors (Lipinski definition) is 4. The topological polar surface area (TPSA) is 66.1 Å². The van der Waals surface area contributed by atoms with Crippen LogP contribution in [0.25, 0.3) is 0 Å². The molecule has 90 valence electrons. The number of nitrogens with one attached hydrogen (secondary N) is 1. The lowest BCUT2D eigenvalue weighted by molar-refractivity contribution is 0.392. The van der Waals surface area contributed by atoms with Crippen LogP contribution in [0.2, 0.25) is 0 Å². The van der Waals surface area contributed by atoms with Gasteiger partial charge < -0.3 is 0 Å². The molecule has 1 unspecified atom stereocenters. The normalized spacial score (nSPS) is 19.4. The van der Waals surface area contributed by atoms with Crippen LogP contribution in [0.5, 0.6) is 0 Å². The van der Waals surface area contributed by atoms with Crippen molar-refractivity contribution in [2.75, 3.05) is 12.8 Å². The highest BCUT2D eigenvalue weighted by Crippen LogP contribution is 2.28. The summed E-state index contributed by atoms with van der Waals surface area (Å²) in [7, 11) is -3.12. The van der Waals surface area contributed by atoms with Gasteiger partial charge in [0.2, 0.25) is 10.0 Å². The molecule has 0 aliphatic carbocycles. The Morgan fingerprint density at radius 2 is 2.25 bits per heavy atom. The third kappa shape index (κ3) is 2.11. The molecule has 0 radical (unpaired) electrons. The molecule has 1 atom stereocenters. The molecule has 16 heavy (non-hydrogen) atoms. The Morgan fingerprint density at radius 1 is 1.56 bits per heavy atom. The van der Waals surface area contributed by atoms with E-state index < -0.39 is 10.0 Å². The summed E-state index contributed by atoms with van der Waals surface area (Å²) in [5.74, 6) is 0. The highest BCUT2D eigenvalue weighted by Gasteiger charge is 2.27. The quantitative estimate of drug-likeness (QED) is 0.771. The summed E-state index contributed by atoms with van der Waals surface area (Å²) in [5.41, 5.74) is 2.88. The molecule has 2 rings (SSSR count). The number of H-pyrrole nitrogens is 1. The first kappa shape index (κ1) is 11.9. The van der Waals surface area contributed by atoms with Crippen LogP contribution >= 0.6 is 12.6 Å². The second kappa shape index (κ2) is 4.05. The van der Waals surface area contributed by atoms with Crippen LogP contribution in [0.4, 0.5) is 0 Å². The van der Waals surface area contributed by atoms with Gasteiger partial charge in [-0.1, -0.05) is 0 Å². The third-order valence-corrected chi connectivity index (χ3v) is 4.29. The number of fused-ring (bicyclic) bond motifs is 1.